The second-order valence-electron chi connectivity index (χ2n) is 4.34. The molecule has 100 valence electrons. The lowest BCUT2D eigenvalue weighted by atomic mass is 10.3. The summed E-state index contributed by atoms with van der Waals surface area (Å²) in [7, 11) is 1.63. The molecule has 0 aromatic rings. The fourth-order valence-corrected chi connectivity index (χ4v) is 1.50. The van der Waals surface area contributed by atoms with Gasteiger partial charge in [-0.15, -0.1) is 0 Å². The third-order valence-electron chi connectivity index (χ3n) is 2.53. The lowest BCUT2D eigenvalue weighted by Crippen LogP contribution is -2.43. The van der Waals surface area contributed by atoms with Crippen LogP contribution >= 0.6 is 0 Å². The third-order valence-corrected chi connectivity index (χ3v) is 2.53. The number of nitrogens with one attached hydrogen (secondary N) is 1. The molecule has 0 bridgehead atoms. The van der Waals surface area contributed by atoms with Crippen LogP contribution in [0.2, 0.25) is 0 Å². The highest BCUT2D eigenvalue weighted by molar-refractivity contribution is 5.76. The Morgan fingerprint density at radius 1 is 1.41 bits per heavy atom. The molecule has 1 aliphatic rings. The highest BCUT2D eigenvalue weighted by Gasteiger charge is 2.29. The molecular formula is C12H23NO4. The summed E-state index contributed by atoms with van der Waals surface area (Å²) < 4.78 is 15.5. The summed E-state index contributed by atoms with van der Waals surface area (Å²) in [6, 6.07) is 0.0903. The molecular weight excluding hydrogens is 222 g/mol. The van der Waals surface area contributed by atoms with E-state index in [0.717, 1.165) is 12.8 Å². The van der Waals surface area contributed by atoms with Gasteiger partial charge in [-0.3, -0.25) is 10.1 Å². The maximum absolute atomic E-state index is 11.7. The summed E-state index contributed by atoms with van der Waals surface area (Å²) in [6.45, 7) is 4.98. The zero-order chi connectivity index (χ0) is 12.7. The fourth-order valence-electron chi connectivity index (χ4n) is 1.50. The number of esters is 1. The van der Waals surface area contributed by atoms with Gasteiger partial charge in [0.25, 0.3) is 0 Å². The third kappa shape index (κ3) is 6.00. The van der Waals surface area contributed by atoms with E-state index in [2.05, 4.69) is 5.32 Å². The Balaban J connectivity index is 2.31. The second-order valence-corrected chi connectivity index (χ2v) is 4.34. The summed E-state index contributed by atoms with van der Waals surface area (Å²) in [5.74, 6) is -0.232. The van der Waals surface area contributed by atoms with Gasteiger partial charge in [0.2, 0.25) is 0 Å². The number of ether oxygens (including phenoxy) is 3. The predicted molar refractivity (Wildman–Crippen MR) is 63.9 cm³/mol. The molecule has 1 rings (SSSR count). The van der Waals surface area contributed by atoms with Crippen molar-refractivity contribution in [3.8, 4) is 0 Å². The van der Waals surface area contributed by atoms with Gasteiger partial charge in [-0.2, -0.15) is 0 Å². The molecule has 1 saturated carbocycles. The molecule has 0 aromatic heterocycles. The van der Waals surface area contributed by atoms with Crippen LogP contribution in [0.4, 0.5) is 0 Å². The molecule has 0 aromatic carbocycles. The number of hydrogen-bond acceptors (Lipinski definition) is 5. The molecule has 0 aliphatic heterocycles. The molecule has 2 unspecified atom stereocenters. The quantitative estimate of drug-likeness (QED) is 0.607. The van der Waals surface area contributed by atoms with Crippen LogP contribution in [0.3, 0.4) is 0 Å². The van der Waals surface area contributed by atoms with Crippen molar-refractivity contribution in [3.05, 3.63) is 0 Å². The highest BCUT2D eigenvalue weighted by Crippen LogP contribution is 2.19. The van der Waals surface area contributed by atoms with Crippen molar-refractivity contribution < 1.29 is 19.0 Å². The Labute approximate surface area is 103 Å². The molecule has 0 radical (unpaired) electrons. The number of carbonyl (C=O) groups excluding carboxylic acids is 1. The van der Waals surface area contributed by atoms with E-state index in [9.17, 15) is 4.79 Å². The first-order valence-corrected chi connectivity index (χ1v) is 6.20. The largest absolute Gasteiger partial charge is 0.465 e. The van der Waals surface area contributed by atoms with Crippen LogP contribution < -0.4 is 5.32 Å². The van der Waals surface area contributed by atoms with Gasteiger partial charge in [0.1, 0.15) is 6.04 Å². The summed E-state index contributed by atoms with van der Waals surface area (Å²) in [4.78, 5) is 11.7. The molecule has 1 N–H and O–H groups in total. The Morgan fingerprint density at radius 3 is 2.65 bits per heavy atom. The van der Waals surface area contributed by atoms with Crippen LogP contribution in [0.25, 0.3) is 0 Å². The molecule has 0 amide bonds. The molecule has 2 atom stereocenters. The molecule has 5 nitrogen and oxygen atoms in total. The Bertz CT molecular complexity index is 231. The molecule has 0 saturated heterocycles. The van der Waals surface area contributed by atoms with Crippen LogP contribution in [-0.4, -0.2) is 51.1 Å². The van der Waals surface area contributed by atoms with Crippen LogP contribution in [0.15, 0.2) is 0 Å². The van der Waals surface area contributed by atoms with Crippen molar-refractivity contribution in [2.45, 2.75) is 44.9 Å². The minimum absolute atomic E-state index is 0.0158. The van der Waals surface area contributed by atoms with Gasteiger partial charge in [0, 0.05) is 13.2 Å². The lowest BCUT2D eigenvalue weighted by molar-refractivity contribution is -0.148. The maximum atomic E-state index is 11.7. The van der Waals surface area contributed by atoms with E-state index < -0.39 is 0 Å². The summed E-state index contributed by atoms with van der Waals surface area (Å²) >= 11 is 0. The first-order valence-electron chi connectivity index (χ1n) is 6.20. The standard InChI is InChI=1S/C12H23NO4/c1-4-16-12(14)11(13-10-5-6-10)8-17-9(2)7-15-3/h9-11,13H,4-8H2,1-3H3. The van der Waals surface area contributed by atoms with Crippen molar-refractivity contribution >= 4 is 5.97 Å². The van der Waals surface area contributed by atoms with Crippen LogP contribution in [0, 0.1) is 0 Å². The van der Waals surface area contributed by atoms with E-state index in [1.165, 1.54) is 0 Å². The SMILES string of the molecule is CCOC(=O)C(COC(C)COC)NC1CC1. The van der Waals surface area contributed by atoms with Gasteiger partial charge >= 0.3 is 5.97 Å². The minimum Gasteiger partial charge on any atom is -0.465 e. The Morgan fingerprint density at radius 2 is 2.12 bits per heavy atom. The summed E-state index contributed by atoms with van der Waals surface area (Å²) in [5, 5.41) is 3.23. The average molecular weight is 245 g/mol. The van der Waals surface area contributed by atoms with Gasteiger partial charge < -0.3 is 14.2 Å². The number of methoxy groups -OCH3 is 1. The zero-order valence-electron chi connectivity index (χ0n) is 10.9. The topological polar surface area (TPSA) is 56.8 Å². The van der Waals surface area contributed by atoms with Gasteiger partial charge in [0.05, 0.1) is 25.9 Å². The number of carbonyl (C=O) groups is 1. The molecule has 1 fully saturated rings. The Kier molecular flexibility index (Phi) is 6.47. The average Bonchev–Trinajstić information content (AvgIpc) is 3.08. The normalized spacial score (nSPS) is 18.8. The van der Waals surface area contributed by atoms with Crippen molar-refractivity contribution in [3.63, 3.8) is 0 Å². The van der Waals surface area contributed by atoms with E-state index in [1.54, 1.807) is 14.0 Å². The first-order chi connectivity index (χ1) is 8.17. The maximum Gasteiger partial charge on any atom is 0.325 e. The van der Waals surface area contributed by atoms with E-state index in [4.69, 9.17) is 14.2 Å². The molecule has 0 heterocycles. The zero-order valence-corrected chi connectivity index (χ0v) is 10.9. The van der Waals surface area contributed by atoms with Gasteiger partial charge in [0.15, 0.2) is 0 Å². The summed E-state index contributed by atoms with van der Waals surface area (Å²) in [5.41, 5.74) is 0. The Hall–Kier alpha value is -0.650. The van der Waals surface area contributed by atoms with E-state index in [1.807, 2.05) is 6.92 Å². The molecule has 0 spiro atoms. The van der Waals surface area contributed by atoms with E-state index in [-0.39, 0.29) is 18.1 Å². The van der Waals surface area contributed by atoms with Crippen molar-refractivity contribution in [2.75, 3.05) is 26.9 Å². The van der Waals surface area contributed by atoms with E-state index >= 15 is 0 Å². The highest BCUT2D eigenvalue weighted by atomic mass is 16.5. The predicted octanol–water partition coefficient (Wildman–Crippen LogP) is 0.722. The van der Waals surface area contributed by atoms with E-state index in [0.29, 0.717) is 25.9 Å². The van der Waals surface area contributed by atoms with Crippen LogP contribution in [0.1, 0.15) is 26.7 Å². The molecule has 1 aliphatic carbocycles. The fraction of sp³-hybridized carbons (Fsp3) is 0.917. The number of hydrogen-bond donors (Lipinski definition) is 1. The van der Waals surface area contributed by atoms with Gasteiger partial charge in [-0.05, 0) is 26.7 Å². The lowest BCUT2D eigenvalue weighted by Gasteiger charge is -2.19. The van der Waals surface area contributed by atoms with Crippen molar-refractivity contribution in [2.24, 2.45) is 0 Å². The second kappa shape index (κ2) is 7.63. The van der Waals surface area contributed by atoms with Gasteiger partial charge in [-0.25, -0.2) is 0 Å². The van der Waals surface area contributed by atoms with Crippen LogP contribution in [-0.2, 0) is 19.0 Å². The van der Waals surface area contributed by atoms with Crippen molar-refractivity contribution in [1.29, 1.82) is 0 Å². The molecule has 17 heavy (non-hydrogen) atoms. The van der Waals surface area contributed by atoms with Crippen LogP contribution in [0.5, 0.6) is 0 Å². The van der Waals surface area contributed by atoms with Gasteiger partial charge in [-0.1, -0.05) is 0 Å². The minimum atomic E-state index is -0.359. The smallest absolute Gasteiger partial charge is 0.325 e. The van der Waals surface area contributed by atoms with Crippen molar-refractivity contribution in [1.82, 2.24) is 5.32 Å². The number of rotatable bonds is 9. The monoisotopic (exact) mass is 245 g/mol. The first kappa shape index (κ1) is 14.4. The summed E-state index contributed by atoms with van der Waals surface area (Å²) in [6.07, 6.45) is 2.24. The molecule has 5 heteroatoms.